The Hall–Kier alpha value is -3.41. The molecule has 1 amide bonds. The van der Waals surface area contributed by atoms with Crippen LogP contribution in [0.2, 0.25) is 0 Å². The third kappa shape index (κ3) is 4.17. The molecule has 6 nitrogen and oxygen atoms in total. The molecule has 1 aliphatic rings. The molecule has 164 valence electrons. The fourth-order valence-corrected chi connectivity index (χ4v) is 4.98. The summed E-state index contributed by atoms with van der Waals surface area (Å²) in [6.07, 6.45) is 11.8. The van der Waals surface area contributed by atoms with Crippen LogP contribution in [-0.2, 0) is 18.3 Å². The molecule has 2 heterocycles. The Morgan fingerprint density at radius 2 is 2.00 bits per heavy atom. The maximum Gasteiger partial charge on any atom is 0.221 e. The number of aromatic nitrogens is 4. The number of aryl methyl sites for hydroxylation is 1. The van der Waals surface area contributed by atoms with Gasteiger partial charge in [-0.1, -0.05) is 44.2 Å². The summed E-state index contributed by atoms with van der Waals surface area (Å²) in [5, 5.41) is 16.3. The molecule has 0 radical (unpaired) electrons. The number of fused-ring (bicyclic) bond motifs is 1. The fraction of sp³-hybridized carbons (Fsp3) is 0.346. The lowest BCUT2D eigenvalue weighted by Crippen LogP contribution is -2.10. The second-order valence-electron chi connectivity index (χ2n) is 9.00. The molecule has 6 heteroatoms. The van der Waals surface area contributed by atoms with Gasteiger partial charge in [0.05, 0.1) is 17.4 Å². The van der Waals surface area contributed by atoms with E-state index in [1.165, 1.54) is 50.2 Å². The van der Waals surface area contributed by atoms with Crippen LogP contribution in [0.3, 0.4) is 0 Å². The predicted octanol–water partition coefficient (Wildman–Crippen LogP) is 5.71. The van der Waals surface area contributed by atoms with E-state index in [9.17, 15) is 4.79 Å². The molecule has 0 spiro atoms. The zero-order chi connectivity index (χ0) is 22.1. The third-order valence-corrected chi connectivity index (χ3v) is 6.49. The highest BCUT2D eigenvalue weighted by atomic mass is 16.1. The molecule has 1 fully saturated rings. The highest BCUT2D eigenvalue weighted by molar-refractivity contribution is 5.97. The van der Waals surface area contributed by atoms with Crippen molar-refractivity contribution in [3.8, 4) is 22.4 Å². The van der Waals surface area contributed by atoms with Crippen LogP contribution in [-0.4, -0.2) is 25.9 Å². The average molecular weight is 428 g/mol. The molecule has 2 N–H and O–H groups in total. The van der Waals surface area contributed by atoms with Crippen molar-refractivity contribution < 1.29 is 4.79 Å². The molecule has 1 saturated carbocycles. The van der Waals surface area contributed by atoms with E-state index in [0.717, 1.165) is 45.7 Å². The molecule has 2 aromatic carbocycles. The smallest absolute Gasteiger partial charge is 0.221 e. The van der Waals surface area contributed by atoms with Gasteiger partial charge in [0.1, 0.15) is 0 Å². The number of nitrogens with zero attached hydrogens (tertiary/aromatic N) is 3. The van der Waals surface area contributed by atoms with Crippen LogP contribution < -0.4 is 5.32 Å². The van der Waals surface area contributed by atoms with Crippen LogP contribution in [0.1, 0.15) is 44.6 Å². The zero-order valence-electron chi connectivity index (χ0n) is 18.7. The third-order valence-electron chi connectivity index (χ3n) is 6.49. The summed E-state index contributed by atoms with van der Waals surface area (Å²) in [7, 11) is 1.96. The fourth-order valence-electron chi connectivity index (χ4n) is 4.98. The molecule has 2 aromatic heterocycles. The summed E-state index contributed by atoms with van der Waals surface area (Å²) >= 11 is 0. The Balaban J connectivity index is 1.60. The van der Waals surface area contributed by atoms with Crippen LogP contribution in [0.4, 0.5) is 5.69 Å². The van der Waals surface area contributed by atoms with Crippen LogP contribution in [0.5, 0.6) is 0 Å². The van der Waals surface area contributed by atoms with E-state index in [-0.39, 0.29) is 5.91 Å². The van der Waals surface area contributed by atoms with Crippen LogP contribution in [0.15, 0.2) is 48.8 Å². The van der Waals surface area contributed by atoms with Gasteiger partial charge < -0.3 is 5.32 Å². The zero-order valence-corrected chi connectivity index (χ0v) is 18.7. The average Bonchev–Trinajstić information content (AvgIpc) is 3.39. The molecule has 0 atom stereocenters. The number of amides is 1. The van der Waals surface area contributed by atoms with Crippen molar-refractivity contribution in [2.75, 3.05) is 5.32 Å². The van der Waals surface area contributed by atoms with Gasteiger partial charge in [0.2, 0.25) is 5.91 Å². The molecular weight excluding hydrogens is 398 g/mol. The number of benzene rings is 2. The van der Waals surface area contributed by atoms with E-state index in [2.05, 4.69) is 38.9 Å². The lowest BCUT2D eigenvalue weighted by molar-refractivity contribution is -0.114. The maximum absolute atomic E-state index is 11.5. The molecule has 5 rings (SSSR count). The summed E-state index contributed by atoms with van der Waals surface area (Å²) in [5.41, 5.74) is 7.42. The van der Waals surface area contributed by atoms with Crippen molar-refractivity contribution in [2.45, 2.75) is 45.4 Å². The summed E-state index contributed by atoms with van der Waals surface area (Å²) in [5.74, 6) is 0.653. The van der Waals surface area contributed by atoms with E-state index in [1.807, 2.05) is 42.2 Å². The summed E-state index contributed by atoms with van der Waals surface area (Å²) in [6.45, 7) is 1.52. The highest BCUT2D eigenvalue weighted by Crippen LogP contribution is 2.36. The Kier molecular flexibility index (Phi) is 5.52. The summed E-state index contributed by atoms with van der Waals surface area (Å²) in [4.78, 5) is 11.5. The number of nitrogens with one attached hydrogen (secondary N) is 2. The highest BCUT2D eigenvalue weighted by Gasteiger charge is 2.19. The minimum Gasteiger partial charge on any atom is -0.326 e. The van der Waals surface area contributed by atoms with Crippen molar-refractivity contribution >= 4 is 22.5 Å². The standard InChI is InChI=1S/C26H29N5O/c1-17(32)28-22-10-6-9-19(12-22)26-24-13-20(11-18-7-4-3-5-8-18)23(14-25(24)29-30-26)21-15-27-31(2)16-21/h6,9-10,12-16,18H,3-5,7-8,11H2,1-2H3,(H,28,32)(H,29,30). The number of hydrogen-bond donors (Lipinski definition) is 2. The second-order valence-corrected chi connectivity index (χ2v) is 9.00. The van der Waals surface area contributed by atoms with Gasteiger partial charge in [-0.2, -0.15) is 10.2 Å². The normalized spacial score (nSPS) is 14.7. The summed E-state index contributed by atoms with van der Waals surface area (Å²) in [6, 6.07) is 12.4. The van der Waals surface area contributed by atoms with Crippen LogP contribution in [0.25, 0.3) is 33.3 Å². The number of rotatable bonds is 5. The van der Waals surface area contributed by atoms with Gasteiger partial charge in [0.15, 0.2) is 0 Å². The quantitative estimate of drug-likeness (QED) is 0.428. The van der Waals surface area contributed by atoms with E-state index in [4.69, 9.17) is 0 Å². The van der Waals surface area contributed by atoms with Crippen molar-refractivity contribution in [3.63, 3.8) is 0 Å². The Morgan fingerprint density at radius 3 is 2.75 bits per heavy atom. The maximum atomic E-state index is 11.5. The van der Waals surface area contributed by atoms with Gasteiger partial charge >= 0.3 is 0 Å². The Labute approximate surface area is 188 Å². The first-order valence-electron chi connectivity index (χ1n) is 11.4. The molecule has 0 saturated heterocycles. The molecule has 0 unspecified atom stereocenters. The minimum absolute atomic E-state index is 0.0788. The first kappa shape index (κ1) is 20.5. The Morgan fingerprint density at radius 1 is 1.16 bits per heavy atom. The molecule has 4 aromatic rings. The van der Waals surface area contributed by atoms with Gasteiger partial charge in [-0.15, -0.1) is 0 Å². The predicted molar refractivity (Wildman–Crippen MR) is 128 cm³/mol. The number of anilines is 1. The van der Waals surface area contributed by atoms with Crippen molar-refractivity contribution in [1.29, 1.82) is 0 Å². The second kappa shape index (κ2) is 8.61. The van der Waals surface area contributed by atoms with Crippen molar-refractivity contribution in [3.05, 3.63) is 54.4 Å². The van der Waals surface area contributed by atoms with Gasteiger partial charge in [-0.05, 0) is 47.7 Å². The number of carbonyl (C=O) groups is 1. The monoisotopic (exact) mass is 427 g/mol. The van der Waals surface area contributed by atoms with Crippen molar-refractivity contribution in [2.24, 2.45) is 13.0 Å². The lowest BCUT2D eigenvalue weighted by Gasteiger charge is -2.22. The van der Waals surface area contributed by atoms with E-state index >= 15 is 0 Å². The number of hydrogen-bond acceptors (Lipinski definition) is 3. The summed E-state index contributed by atoms with van der Waals surface area (Å²) < 4.78 is 1.86. The first-order chi connectivity index (χ1) is 15.6. The van der Waals surface area contributed by atoms with E-state index in [1.54, 1.807) is 0 Å². The largest absolute Gasteiger partial charge is 0.326 e. The molecular formula is C26H29N5O. The topological polar surface area (TPSA) is 75.6 Å². The molecule has 32 heavy (non-hydrogen) atoms. The molecule has 0 bridgehead atoms. The van der Waals surface area contributed by atoms with Crippen molar-refractivity contribution in [1.82, 2.24) is 20.0 Å². The minimum atomic E-state index is -0.0788. The lowest BCUT2D eigenvalue weighted by atomic mass is 9.83. The van der Waals surface area contributed by atoms with Gasteiger partial charge in [0.25, 0.3) is 0 Å². The molecule has 0 aliphatic heterocycles. The van der Waals surface area contributed by atoms with Crippen LogP contribution >= 0.6 is 0 Å². The number of aromatic amines is 1. The van der Waals surface area contributed by atoms with Gasteiger partial charge in [0, 0.05) is 42.4 Å². The molecule has 1 aliphatic carbocycles. The number of carbonyl (C=O) groups excluding carboxylic acids is 1. The SMILES string of the molecule is CC(=O)Nc1cccc(-c2n[nH]c3cc(-c4cnn(C)c4)c(CC4CCCCC4)cc23)c1. The van der Waals surface area contributed by atoms with E-state index in [0.29, 0.717) is 0 Å². The first-order valence-corrected chi connectivity index (χ1v) is 11.4. The van der Waals surface area contributed by atoms with Gasteiger partial charge in [-0.25, -0.2) is 0 Å². The number of H-pyrrole nitrogens is 1. The van der Waals surface area contributed by atoms with Gasteiger partial charge in [-0.3, -0.25) is 14.6 Å². The van der Waals surface area contributed by atoms with Crippen LogP contribution in [0, 0.1) is 5.92 Å². The van der Waals surface area contributed by atoms with E-state index < -0.39 is 0 Å². The Bertz CT molecular complexity index is 1260.